The lowest BCUT2D eigenvalue weighted by molar-refractivity contribution is -0.140. The molecule has 0 unspecified atom stereocenters. The molecule has 3 aliphatic rings. The van der Waals surface area contributed by atoms with E-state index < -0.39 is 0 Å². The van der Waals surface area contributed by atoms with Gasteiger partial charge >= 0.3 is 5.97 Å². The molecule has 0 N–H and O–H groups in total. The molecule has 2 fully saturated rings. The highest BCUT2D eigenvalue weighted by Crippen LogP contribution is 2.49. The number of epoxide rings is 1. The van der Waals surface area contributed by atoms with E-state index in [0.29, 0.717) is 18.4 Å². The van der Waals surface area contributed by atoms with Crippen LogP contribution in [0.3, 0.4) is 0 Å². The lowest BCUT2D eigenvalue weighted by atomic mass is 9.83. The van der Waals surface area contributed by atoms with E-state index in [1.165, 1.54) is 0 Å². The summed E-state index contributed by atoms with van der Waals surface area (Å²) in [5, 5.41) is 0. The lowest BCUT2D eigenvalue weighted by Crippen LogP contribution is -2.35. The summed E-state index contributed by atoms with van der Waals surface area (Å²) < 4.78 is 11.6. The van der Waals surface area contributed by atoms with Crippen LogP contribution in [-0.2, 0) is 19.1 Å². The number of amides is 1. The molecule has 0 aromatic heterocycles. The summed E-state index contributed by atoms with van der Waals surface area (Å²) in [5.41, 5.74) is 1.14. The summed E-state index contributed by atoms with van der Waals surface area (Å²) in [4.78, 5) is 27.4. The SMILES string of the molecule is C=C1C(=O)O[C@H]2[C@H]1CC/C(C(=O)N(CCCC)CCCC)=C\CC[C@@]1(C)O[C@@H]21. The van der Waals surface area contributed by atoms with Crippen molar-refractivity contribution in [1.82, 2.24) is 4.90 Å². The first-order valence-electron chi connectivity index (χ1n) is 11.0. The van der Waals surface area contributed by atoms with Gasteiger partial charge in [0.1, 0.15) is 12.2 Å². The molecule has 1 aliphatic carbocycles. The molecule has 5 nitrogen and oxygen atoms in total. The van der Waals surface area contributed by atoms with Crippen molar-refractivity contribution in [2.24, 2.45) is 5.92 Å². The maximum absolute atomic E-state index is 13.3. The van der Waals surface area contributed by atoms with Crippen LogP contribution >= 0.6 is 0 Å². The van der Waals surface area contributed by atoms with Crippen LogP contribution in [0.15, 0.2) is 23.8 Å². The summed E-state index contributed by atoms with van der Waals surface area (Å²) in [6.45, 7) is 12.0. The molecule has 5 heteroatoms. The van der Waals surface area contributed by atoms with Crippen molar-refractivity contribution < 1.29 is 19.1 Å². The van der Waals surface area contributed by atoms with Gasteiger partial charge in [-0.1, -0.05) is 39.3 Å². The number of unbranched alkanes of at least 4 members (excludes halogenated alkanes) is 2. The minimum atomic E-state index is -0.309. The zero-order valence-electron chi connectivity index (χ0n) is 17.7. The second-order valence-electron chi connectivity index (χ2n) is 8.66. The molecule has 156 valence electrons. The molecule has 0 saturated carbocycles. The molecule has 3 rings (SSSR count). The second kappa shape index (κ2) is 8.81. The van der Waals surface area contributed by atoms with Gasteiger partial charge in [0.05, 0.1) is 5.60 Å². The second-order valence-corrected chi connectivity index (χ2v) is 8.66. The number of carbonyl (C=O) groups excluding carboxylic acids is 2. The molecule has 2 aliphatic heterocycles. The predicted octanol–water partition coefficient (Wildman–Crippen LogP) is 4.17. The maximum atomic E-state index is 13.3. The highest BCUT2D eigenvalue weighted by Gasteiger charge is 2.61. The number of allylic oxidation sites excluding steroid dienone is 1. The van der Waals surface area contributed by atoms with Crippen LogP contribution in [0, 0.1) is 5.92 Å². The van der Waals surface area contributed by atoms with E-state index in [2.05, 4.69) is 33.4 Å². The third-order valence-corrected chi connectivity index (χ3v) is 6.47. The third kappa shape index (κ3) is 4.35. The van der Waals surface area contributed by atoms with Gasteiger partial charge in [0.15, 0.2) is 0 Å². The van der Waals surface area contributed by atoms with E-state index in [4.69, 9.17) is 9.47 Å². The van der Waals surface area contributed by atoms with Crippen LogP contribution in [0.1, 0.15) is 72.1 Å². The normalized spacial score (nSPS) is 34.0. The third-order valence-electron chi connectivity index (χ3n) is 6.47. The minimum Gasteiger partial charge on any atom is -0.455 e. The van der Waals surface area contributed by atoms with Crippen LogP contribution in [0.2, 0.25) is 0 Å². The topological polar surface area (TPSA) is 59.1 Å². The van der Waals surface area contributed by atoms with Crippen molar-refractivity contribution in [3.63, 3.8) is 0 Å². The highest BCUT2D eigenvalue weighted by atomic mass is 16.6. The Morgan fingerprint density at radius 2 is 1.96 bits per heavy atom. The van der Waals surface area contributed by atoms with E-state index >= 15 is 0 Å². The van der Waals surface area contributed by atoms with Crippen LogP contribution in [0.25, 0.3) is 0 Å². The van der Waals surface area contributed by atoms with Crippen molar-refractivity contribution in [1.29, 1.82) is 0 Å². The number of carbonyl (C=O) groups is 2. The first-order chi connectivity index (χ1) is 13.4. The molecule has 0 bridgehead atoms. The number of hydrogen-bond donors (Lipinski definition) is 0. The molecule has 2 heterocycles. The number of hydrogen-bond acceptors (Lipinski definition) is 4. The fourth-order valence-corrected chi connectivity index (χ4v) is 4.47. The first kappa shape index (κ1) is 21.1. The quantitative estimate of drug-likeness (QED) is 0.372. The van der Waals surface area contributed by atoms with E-state index in [-0.39, 0.29) is 35.6 Å². The molecule has 28 heavy (non-hydrogen) atoms. The number of esters is 1. The Morgan fingerprint density at radius 1 is 1.29 bits per heavy atom. The first-order valence-corrected chi connectivity index (χ1v) is 11.0. The van der Waals surface area contributed by atoms with Gasteiger partial charge in [0.2, 0.25) is 5.91 Å². The minimum absolute atomic E-state index is 0.0445. The van der Waals surface area contributed by atoms with Gasteiger partial charge in [-0.15, -0.1) is 0 Å². The van der Waals surface area contributed by atoms with E-state index in [9.17, 15) is 9.59 Å². The smallest absolute Gasteiger partial charge is 0.334 e. The number of fused-ring (bicyclic) bond motifs is 3. The zero-order chi connectivity index (χ0) is 20.3. The summed E-state index contributed by atoms with van der Waals surface area (Å²) in [6, 6.07) is 0. The average molecular weight is 390 g/mol. The molecule has 0 radical (unpaired) electrons. The predicted molar refractivity (Wildman–Crippen MR) is 109 cm³/mol. The van der Waals surface area contributed by atoms with Crippen molar-refractivity contribution in [3.8, 4) is 0 Å². The van der Waals surface area contributed by atoms with E-state index in [1.54, 1.807) is 0 Å². The van der Waals surface area contributed by atoms with E-state index in [1.807, 2.05) is 4.90 Å². The lowest BCUT2D eigenvalue weighted by Gasteiger charge is -2.25. The molecule has 0 aromatic rings. The number of ether oxygens (including phenoxy) is 2. The van der Waals surface area contributed by atoms with Crippen LogP contribution < -0.4 is 0 Å². The van der Waals surface area contributed by atoms with Gasteiger partial charge in [0, 0.05) is 30.2 Å². The highest BCUT2D eigenvalue weighted by molar-refractivity contribution is 5.94. The van der Waals surface area contributed by atoms with Crippen LogP contribution in [0.5, 0.6) is 0 Å². The molecule has 0 aromatic carbocycles. The van der Waals surface area contributed by atoms with Gasteiger partial charge < -0.3 is 14.4 Å². The monoisotopic (exact) mass is 389 g/mol. The zero-order valence-corrected chi connectivity index (χ0v) is 17.7. The van der Waals surface area contributed by atoms with E-state index in [0.717, 1.165) is 57.2 Å². The largest absolute Gasteiger partial charge is 0.455 e. The molecule has 2 saturated heterocycles. The van der Waals surface area contributed by atoms with Crippen molar-refractivity contribution in [3.05, 3.63) is 23.8 Å². The summed E-state index contributed by atoms with van der Waals surface area (Å²) in [7, 11) is 0. The fourth-order valence-electron chi connectivity index (χ4n) is 4.47. The Bertz CT molecular complexity index is 647. The van der Waals surface area contributed by atoms with Crippen LogP contribution in [0.4, 0.5) is 0 Å². The van der Waals surface area contributed by atoms with Gasteiger partial charge in [-0.05, 0) is 45.4 Å². The molecule has 1 amide bonds. The molecule has 4 atom stereocenters. The number of nitrogens with zero attached hydrogens (tertiary/aromatic N) is 1. The summed E-state index contributed by atoms with van der Waals surface area (Å²) in [6.07, 6.45) is 9.04. The molecule has 0 spiro atoms. The Labute approximate surface area is 169 Å². The van der Waals surface area contributed by atoms with Gasteiger partial charge in [-0.3, -0.25) is 4.79 Å². The maximum Gasteiger partial charge on any atom is 0.334 e. The summed E-state index contributed by atoms with van der Waals surface area (Å²) >= 11 is 0. The van der Waals surface area contributed by atoms with Crippen molar-refractivity contribution in [2.45, 2.75) is 89.9 Å². The van der Waals surface area contributed by atoms with Gasteiger partial charge in [-0.2, -0.15) is 0 Å². The van der Waals surface area contributed by atoms with Gasteiger partial charge in [0.25, 0.3) is 0 Å². The Hall–Kier alpha value is -1.62. The Kier molecular flexibility index (Phi) is 6.64. The van der Waals surface area contributed by atoms with Crippen molar-refractivity contribution in [2.75, 3.05) is 13.1 Å². The average Bonchev–Trinajstić information content (AvgIpc) is 3.27. The van der Waals surface area contributed by atoms with Crippen molar-refractivity contribution >= 4 is 11.9 Å². The Balaban J connectivity index is 1.77. The standard InChI is InChI=1S/C23H35NO4/c1-5-7-14-24(15-8-6-2)21(25)17-10-9-13-23(4)20(28-23)19-18(12-11-17)16(3)22(26)27-19/h10,18-20H,3,5-9,11-15H2,1-2,4H3/b17-10+/t18-,19-,20-,23+/m0/s1. The number of rotatable bonds is 7. The van der Waals surface area contributed by atoms with Crippen LogP contribution in [-0.4, -0.2) is 47.7 Å². The molecular weight excluding hydrogens is 354 g/mol. The summed E-state index contributed by atoms with van der Waals surface area (Å²) in [5.74, 6) is -0.210. The fraction of sp³-hybridized carbons (Fsp3) is 0.739. The van der Waals surface area contributed by atoms with Gasteiger partial charge in [-0.25, -0.2) is 4.79 Å². The molecular formula is C23H35NO4. The Morgan fingerprint density at radius 3 is 2.61 bits per heavy atom.